The lowest BCUT2D eigenvalue weighted by atomic mass is 10.3. The predicted molar refractivity (Wildman–Crippen MR) is 67.4 cm³/mol. The molecular weight excluding hydrogens is 214 g/mol. The summed E-state index contributed by atoms with van der Waals surface area (Å²) < 4.78 is 1.90. The van der Waals surface area contributed by atoms with E-state index in [9.17, 15) is 0 Å². The van der Waals surface area contributed by atoms with Crippen LogP contribution >= 0.6 is 0 Å². The zero-order valence-corrected chi connectivity index (χ0v) is 10.7. The SMILES string of the molecule is CCCN(CCn1cc(CN)nn1)CC1CC1. The molecule has 1 aromatic rings. The summed E-state index contributed by atoms with van der Waals surface area (Å²) in [6, 6.07) is 0. The highest BCUT2D eigenvalue weighted by Gasteiger charge is 2.23. The van der Waals surface area contributed by atoms with Crippen molar-refractivity contribution in [2.45, 2.75) is 39.3 Å². The van der Waals surface area contributed by atoms with Crippen LogP contribution in [0, 0.1) is 5.92 Å². The van der Waals surface area contributed by atoms with Gasteiger partial charge in [-0.2, -0.15) is 0 Å². The maximum atomic E-state index is 5.51. The topological polar surface area (TPSA) is 60.0 Å². The van der Waals surface area contributed by atoms with Crippen molar-refractivity contribution >= 4 is 0 Å². The lowest BCUT2D eigenvalue weighted by molar-refractivity contribution is 0.248. The Kier molecular flexibility index (Phi) is 4.50. The number of hydrogen-bond acceptors (Lipinski definition) is 4. The van der Waals surface area contributed by atoms with Crippen LogP contribution in [0.1, 0.15) is 31.9 Å². The van der Waals surface area contributed by atoms with E-state index in [0.717, 1.165) is 24.7 Å². The van der Waals surface area contributed by atoms with Gasteiger partial charge in [-0.05, 0) is 31.7 Å². The van der Waals surface area contributed by atoms with Crippen molar-refractivity contribution in [1.29, 1.82) is 0 Å². The van der Waals surface area contributed by atoms with Crippen molar-refractivity contribution < 1.29 is 0 Å². The van der Waals surface area contributed by atoms with E-state index in [1.54, 1.807) is 0 Å². The highest BCUT2D eigenvalue weighted by Crippen LogP contribution is 2.29. The Hall–Kier alpha value is -0.940. The van der Waals surface area contributed by atoms with Gasteiger partial charge in [-0.3, -0.25) is 4.68 Å². The summed E-state index contributed by atoms with van der Waals surface area (Å²) in [5.41, 5.74) is 6.38. The van der Waals surface area contributed by atoms with E-state index in [1.165, 1.54) is 32.4 Å². The molecule has 0 aliphatic heterocycles. The monoisotopic (exact) mass is 237 g/mol. The van der Waals surface area contributed by atoms with Crippen molar-refractivity contribution in [3.63, 3.8) is 0 Å². The Morgan fingerprint density at radius 2 is 2.29 bits per heavy atom. The first-order valence-corrected chi connectivity index (χ1v) is 6.63. The largest absolute Gasteiger partial charge is 0.325 e. The lowest BCUT2D eigenvalue weighted by Gasteiger charge is -2.21. The van der Waals surface area contributed by atoms with Gasteiger partial charge in [0.2, 0.25) is 0 Å². The van der Waals surface area contributed by atoms with E-state index in [2.05, 4.69) is 22.1 Å². The first-order chi connectivity index (χ1) is 8.31. The van der Waals surface area contributed by atoms with Gasteiger partial charge in [-0.1, -0.05) is 12.1 Å². The van der Waals surface area contributed by atoms with Crippen LogP contribution in [0.5, 0.6) is 0 Å². The van der Waals surface area contributed by atoms with E-state index < -0.39 is 0 Å². The molecule has 1 fully saturated rings. The summed E-state index contributed by atoms with van der Waals surface area (Å²) in [7, 11) is 0. The normalized spacial score (nSPS) is 15.7. The van der Waals surface area contributed by atoms with Gasteiger partial charge < -0.3 is 10.6 Å². The van der Waals surface area contributed by atoms with Crippen molar-refractivity contribution in [1.82, 2.24) is 19.9 Å². The molecule has 1 aliphatic carbocycles. The van der Waals surface area contributed by atoms with E-state index in [1.807, 2.05) is 10.9 Å². The zero-order chi connectivity index (χ0) is 12.1. The van der Waals surface area contributed by atoms with Gasteiger partial charge in [0.15, 0.2) is 0 Å². The average molecular weight is 237 g/mol. The smallest absolute Gasteiger partial charge is 0.0962 e. The van der Waals surface area contributed by atoms with Crippen LogP contribution in [-0.4, -0.2) is 39.5 Å². The molecule has 0 radical (unpaired) electrons. The van der Waals surface area contributed by atoms with Gasteiger partial charge in [0.1, 0.15) is 0 Å². The standard InChI is InChI=1S/C12H23N5/c1-2-5-16(9-11-3-4-11)6-7-17-10-12(8-13)14-15-17/h10-11H,2-9,13H2,1H3. The zero-order valence-electron chi connectivity index (χ0n) is 10.7. The van der Waals surface area contributed by atoms with Crippen LogP contribution in [0.2, 0.25) is 0 Å². The second-order valence-corrected chi connectivity index (χ2v) is 4.92. The molecule has 0 amide bonds. The molecule has 2 rings (SSSR count). The van der Waals surface area contributed by atoms with Crippen LogP contribution < -0.4 is 5.73 Å². The molecule has 0 atom stereocenters. The van der Waals surface area contributed by atoms with Crippen molar-refractivity contribution in [2.24, 2.45) is 11.7 Å². The molecular formula is C12H23N5. The van der Waals surface area contributed by atoms with Gasteiger partial charge in [-0.25, -0.2) is 0 Å². The molecule has 17 heavy (non-hydrogen) atoms. The van der Waals surface area contributed by atoms with Crippen LogP contribution in [-0.2, 0) is 13.1 Å². The number of hydrogen-bond donors (Lipinski definition) is 1. The Bertz CT molecular complexity index is 331. The molecule has 1 aliphatic rings. The third-order valence-electron chi connectivity index (χ3n) is 3.19. The Morgan fingerprint density at radius 1 is 1.47 bits per heavy atom. The molecule has 1 saturated carbocycles. The summed E-state index contributed by atoms with van der Waals surface area (Å²) in [6.07, 6.45) is 6.00. The summed E-state index contributed by atoms with van der Waals surface area (Å²) in [4.78, 5) is 2.54. The first kappa shape index (κ1) is 12.5. The molecule has 0 bridgehead atoms. The maximum Gasteiger partial charge on any atom is 0.0962 e. The molecule has 2 N–H and O–H groups in total. The second-order valence-electron chi connectivity index (χ2n) is 4.92. The number of nitrogens with two attached hydrogens (primary N) is 1. The van der Waals surface area contributed by atoms with E-state index >= 15 is 0 Å². The van der Waals surface area contributed by atoms with Gasteiger partial charge >= 0.3 is 0 Å². The highest BCUT2D eigenvalue weighted by molar-refractivity contribution is 4.90. The van der Waals surface area contributed by atoms with E-state index in [4.69, 9.17) is 5.73 Å². The summed E-state index contributed by atoms with van der Waals surface area (Å²) in [5.74, 6) is 0.955. The summed E-state index contributed by atoms with van der Waals surface area (Å²) in [5, 5.41) is 8.08. The molecule has 5 heteroatoms. The quantitative estimate of drug-likeness (QED) is 0.728. The van der Waals surface area contributed by atoms with Crippen molar-refractivity contribution in [3.05, 3.63) is 11.9 Å². The Labute approximate surface area is 103 Å². The fraction of sp³-hybridized carbons (Fsp3) is 0.833. The summed E-state index contributed by atoms with van der Waals surface area (Å²) >= 11 is 0. The van der Waals surface area contributed by atoms with E-state index in [0.29, 0.717) is 6.54 Å². The predicted octanol–water partition coefficient (Wildman–Crippen LogP) is 0.859. The van der Waals surface area contributed by atoms with Crippen molar-refractivity contribution in [3.8, 4) is 0 Å². The Morgan fingerprint density at radius 3 is 2.88 bits per heavy atom. The fourth-order valence-electron chi connectivity index (χ4n) is 2.06. The van der Waals surface area contributed by atoms with Gasteiger partial charge in [0.05, 0.1) is 12.2 Å². The van der Waals surface area contributed by atoms with Crippen molar-refractivity contribution in [2.75, 3.05) is 19.6 Å². The number of aromatic nitrogens is 3. The van der Waals surface area contributed by atoms with Crippen LogP contribution in [0.4, 0.5) is 0 Å². The minimum Gasteiger partial charge on any atom is -0.325 e. The second kappa shape index (κ2) is 6.12. The van der Waals surface area contributed by atoms with E-state index in [-0.39, 0.29) is 0 Å². The van der Waals surface area contributed by atoms with Crippen LogP contribution in [0.15, 0.2) is 6.20 Å². The molecule has 0 spiro atoms. The van der Waals surface area contributed by atoms with Crippen LogP contribution in [0.3, 0.4) is 0 Å². The Balaban J connectivity index is 1.76. The molecule has 96 valence electrons. The third-order valence-corrected chi connectivity index (χ3v) is 3.19. The van der Waals surface area contributed by atoms with Gasteiger partial charge in [-0.15, -0.1) is 5.10 Å². The van der Waals surface area contributed by atoms with Gasteiger partial charge in [0.25, 0.3) is 0 Å². The molecule has 5 nitrogen and oxygen atoms in total. The first-order valence-electron chi connectivity index (χ1n) is 6.63. The molecule has 1 heterocycles. The molecule has 0 aromatic carbocycles. The molecule has 0 unspecified atom stereocenters. The number of nitrogens with zero attached hydrogens (tertiary/aromatic N) is 4. The lowest BCUT2D eigenvalue weighted by Crippen LogP contribution is -2.30. The minimum absolute atomic E-state index is 0.473. The minimum atomic E-state index is 0.473. The summed E-state index contributed by atoms with van der Waals surface area (Å²) in [6.45, 7) is 7.14. The maximum absolute atomic E-state index is 5.51. The van der Waals surface area contributed by atoms with Gasteiger partial charge in [0, 0.05) is 25.8 Å². The average Bonchev–Trinajstić information content (AvgIpc) is 3.03. The van der Waals surface area contributed by atoms with Crippen LogP contribution in [0.25, 0.3) is 0 Å². The highest BCUT2D eigenvalue weighted by atomic mass is 15.4. The molecule has 1 aromatic heterocycles. The number of rotatable bonds is 8. The molecule has 0 saturated heterocycles. The third kappa shape index (κ3) is 4.09. The fourth-order valence-corrected chi connectivity index (χ4v) is 2.06.